The lowest BCUT2D eigenvalue weighted by Crippen LogP contribution is -2.15. The van der Waals surface area contributed by atoms with E-state index >= 15 is 0 Å². The van der Waals surface area contributed by atoms with Crippen molar-refractivity contribution in [1.29, 1.82) is 0 Å². The number of carbonyl (C=O) groups excluding carboxylic acids is 1. The van der Waals surface area contributed by atoms with Crippen LogP contribution in [0.1, 0.15) is 12.0 Å². The summed E-state index contributed by atoms with van der Waals surface area (Å²) in [6.07, 6.45) is 1.35. The third kappa shape index (κ3) is 5.41. The van der Waals surface area contributed by atoms with E-state index in [9.17, 15) is 13.2 Å². The first-order valence-corrected chi connectivity index (χ1v) is 9.03. The Labute approximate surface area is 136 Å². The normalized spacial score (nSPS) is 11.0. The van der Waals surface area contributed by atoms with Gasteiger partial charge < -0.3 is 10.1 Å². The summed E-state index contributed by atoms with van der Waals surface area (Å²) in [5.74, 6) is 0.542. The number of anilines is 1. The maximum absolute atomic E-state index is 11.8. The van der Waals surface area contributed by atoms with E-state index in [0.29, 0.717) is 5.69 Å². The van der Waals surface area contributed by atoms with Crippen molar-refractivity contribution in [3.8, 4) is 5.75 Å². The van der Waals surface area contributed by atoms with Crippen LogP contribution >= 0.6 is 0 Å². The van der Waals surface area contributed by atoms with Crippen LogP contribution in [0.2, 0.25) is 0 Å². The van der Waals surface area contributed by atoms with E-state index in [1.807, 2.05) is 31.2 Å². The highest BCUT2D eigenvalue weighted by atomic mass is 32.2. The molecular formula is C17H19NO4S. The van der Waals surface area contributed by atoms with Gasteiger partial charge in [0.05, 0.1) is 17.9 Å². The number of aryl methyl sites for hydroxylation is 1. The second-order valence-corrected chi connectivity index (χ2v) is 7.28. The van der Waals surface area contributed by atoms with Crippen molar-refractivity contribution in [2.45, 2.75) is 18.2 Å². The van der Waals surface area contributed by atoms with E-state index < -0.39 is 9.84 Å². The molecule has 0 aliphatic carbocycles. The van der Waals surface area contributed by atoms with Gasteiger partial charge in [0.2, 0.25) is 5.91 Å². The molecule has 0 aliphatic rings. The van der Waals surface area contributed by atoms with Gasteiger partial charge in [0.1, 0.15) is 5.75 Å². The summed E-state index contributed by atoms with van der Waals surface area (Å²) in [6, 6.07) is 13.7. The molecule has 122 valence electrons. The van der Waals surface area contributed by atoms with Crippen LogP contribution in [0, 0.1) is 6.92 Å². The summed E-state index contributed by atoms with van der Waals surface area (Å²) in [6.45, 7) is 2.25. The first kappa shape index (κ1) is 17.0. The van der Waals surface area contributed by atoms with Crippen LogP contribution in [0.5, 0.6) is 5.75 Å². The molecule has 0 saturated heterocycles. The van der Waals surface area contributed by atoms with E-state index in [1.54, 1.807) is 12.1 Å². The minimum absolute atomic E-state index is 0.190. The maximum atomic E-state index is 11.8. The SMILES string of the molecule is Cc1cccc(OCCC(=O)Nc2ccc(S(C)(=O)=O)cc2)c1. The second kappa shape index (κ2) is 7.28. The Morgan fingerprint density at radius 3 is 2.43 bits per heavy atom. The van der Waals surface area contributed by atoms with Crippen LogP contribution in [0.4, 0.5) is 5.69 Å². The molecular weight excluding hydrogens is 314 g/mol. The van der Waals surface area contributed by atoms with Gasteiger partial charge in [0.25, 0.3) is 0 Å². The van der Waals surface area contributed by atoms with Crippen molar-refractivity contribution in [3.63, 3.8) is 0 Å². The zero-order valence-corrected chi connectivity index (χ0v) is 13.9. The quantitative estimate of drug-likeness (QED) is 0.882. The highest BCUT2D eigenvalue weighted by molar-refractivity contribution is 7.90. The molecule has 2 rings (SSSR count). The van der Waals surface area contributed by atoms with Crippen molar-refractivity contribution < 1.29 is 17.9 Å². The predicted molar refractivity (Wildman–Crippen MR) is 89.5 cm³/mol. The number of amides is 1. The van der Waals surface area contributed by atoms with Gasteiger partial charge in [-0.15, -0.1) is 0 Å². The minimum atomic E-state index is -3.23. The van der Waals surface area contributed by atoms with Crippen molar-refractivity contribution in [3.05, 3.63) is 54.1 Å². The lowest BCUT2D eigenvalue weighted by atomic mass is 10.2. The van der Waals surface area contributed by atoms with E-state index in [-0.39, 0.29) is 23.8 Å². The molecule has 0 unspecified atom stereocenters. The molecule has 0 spiro atoms. The smallest absolute Gasteiger partial charge is 0.227 e. The Morgan fingerprint density at radius 1 is 1.13 bits per heavy atom. The first-order chi connectivity index (χ1) is 10.8. The van der Waals surface area contributed by atoms with Crippen LogP contribution in [0.3, 0.4) is 0 Å². The highest BCUT2D eigenvalue weighted by Gasteiger charge is 2.07. The molecule has 0 radical (unpaired) electrons. The van der Waals surface area contributed by atoms with Crippen LogP contribution in [0.15, 0.2) is 53.4 Å². The van der Waals surface area contributed by atoms with E-state index in [0.717, 1.165) is 17.6 Å². The van der Waals surface area contributed by atoms with E-state index in [4.69, 9.17) is 4.74 Å². The third-order valence-corrected chi connectivity index (χ3v) is 4.28. The van der Waals surface area contributed by atoms with E-state index in [2.05, 4.69) is 5.32 Å². The topological polar surface area (TPSA) is 72.5 Å². The van der Waals surface area contributed by atoms with Gasteiger partial charge in [-0.05, 0) is 48.9 Å². The number of ether oxygens (including phenoxy) is 1. The summed E-state index contributed by atoms with van der Waals surface area (Å²) in [5, 5.41) is 2.70. The third-order valence-electron chi connectivity index (χ3n) is 3.15. The van der Waals surface area contributed by atoms with Gasteiger partial charge in [0, 0.05) is 11.9 Å². The molecule has 0 saturated carbocycles. The highest BCUT2D eigenvalue weighted by Crippen LogP contribution is 2.15. The van der Waals surface area contributed by atoms with Gasteiger partial charge in [0.15, 0.2) is 9.84 Å². The zero-order chi connectivity index (χ0) is 16.9. The maximum Gasteiger partial charge on any atom is 0.227 e. The monoisotopic (exact) mass is 333 g/mol. The predicted octanol–water partition coefficient (Wildman–Crippen LogP) is 2.81. The lowest BCUT2D eigenvalue weighted by Gasteiger charge is -2.08. The molecule has 2 aromatic rings. The molecule has 5 nitrogen and oxygen atoms in total. The number of carbonyl (C=O) groups is 1. The molecule has 1 N–H and O–H groups in total. The molecule has 6 heteroatoms. The average Bonchev–Trinajstić information content (AvgIpc) is 2.47. The number of hydrogen-bond acceptors (Lipinski definition) is 4. The molecule has 0 atom stereocenters. The number of nitrogens with one attached hydrogen (secondary N) is 1. The second-order valence-electron chi connectivity index (χ2n) is 5.26. The fraction of sp³-hybridized carbons (Fsp3) is 0.235. The molecule has 0 heterocycles. The van der Waals surface area contributed by atoms with Gasteiger partial charge in [-0.1, -0.05) is 12.1 Å². The molecule has 0 aliphatic heterocycles. The molecule has 1 amide bonds. The van der Waals surface area contributed by atoms with Gasteiger partial charge in [-0.25, -0.2) is 8.42 Å². The van der Waals surface area contributed by atoms with E-state index in [1.165, 1.54) is 12.1 Å². The number of sulfone groups is 1. The van der Waals surface area contributed by atoms with Crippen molar-refractivity contribution in [2.24, 2.45) is 0 Å². The van der Waals surface area contributed by atoms with Gasteiger partial charge in [-0.2, -0.15) is 0 Å². The molecule has 0 fully saturated rings. The Kier molecular flexibility index (Phi) is 5.39. The number of benzene rings is 2. The molecule has 23 heavy (non-hydrogen) atoms. The number of hydrogen-bond donors (Lipinski definition) is 1. The average molecular weight is 333 g/mol. The fourth-order valence-corrected chi connectivity index (χ4v) is 2.61. The van der Waals surface area contributed by atoms with Gasteiger partial charge in [-0.3, -0.25) is 4.79 Å². The zero-order valence-electron chi connectivity index (χ0n) is 13.1. The summed E-state index contributed by atoms with van der Waals surface area (Å²) in [5.41, 5.74) is 1.65. The standard InChI is InChI=1S/C17H19NO4S/c1-13-4-3-5-15(12-13)22-11-10-17(19)18-14-6-8-16(9-7-14)23(2,20)21/h3-9,12H,10-11H2,1-2H3,(H,18,19). The minimum Gasteiger partial charge on any atom is -0.493 e. The van der Waals surface area contributed by atoms with Crippen molar-refractivity contribution in [2.75, 3.05) is 18.2 Å². The summed E-state index contributed by atoms with van der Waals surface area (Å²) in [7, 11) is -3.23. The largest absolute Gasteiger partial charge is 0.493 e. The Bertz CT molecular complexity index is 782. The van der Waals surface area contributed by atoms with Crippen LogP contribution < -0.4 is 10.1 Å². The van der Waals surface area contributed by atoms with Crippen molar-refractivity contribution >= 4 is 21.4 Å². The summed E-state index contributed by atoms with van der Waals surface area (Å²) in [4.78, 5) is 12.1. The van der Waals surface area contributed by atoms with Crippen LogP contribution in [-0.4, -0.2) is 27.2 Å². The Balaban J connectivity index is 1.83. The van der Waals surface area contributed by atoms with Crippen molar-refractivity contribution in [1.82, 2.24) is 0 Å². The molecule has 0 bridgehead atoms. The van der Waals surface area contributed by atoms with Crippen LogP contribution in [-0.2, 0) is 14.6 Å². The van der Waals surface area contributed by atoms with Crippen LogP contribution in [0.25, 0.3) is 0 Å². The first-order valence-electron chi connectivity index (χ1n) is 7.14. The molecule has 2 aromatic carbocycles. The van der Waals surface area contributed by atoms with Gasteiger partial charge >= 0.3 is 0 Å². The lowest BCUT2D eigenvalue weighted by molar-refractivity contribution is -0.116. The number of rotatable bonds is 6. The summed E-state index contributed by atoms with van der Waals surface area (Å²) < 4.78 is 28.2. The summed E-state index contributed by atoms with van der Waals surface area (Å²) >= 11 is 0. The Morgan fingerprint density at radius 2 is 1.83 bits per heavy atom. The molecule has 0 aromatic heterocycles. The Hall–Kier alpha value is -2.34. The fourth-order valence-electron chi connectivity index (χ4n) is 1.98.